The molecule has 0 aliphatic carbocycles. The second-order valence-corrected chi connectivity index (χ2v) is 10.0. The number of nitrogens with zero attached hydrogens (tertiary/aromatic N) is 6. The number of pyridine rings is 1. The molecule has 2 atom stereocenters. The number of nitrogens with one attached hydrogen (secondary N) is 1. The summed E-state index contributed by atoms with van der Waals surface area (Å²) >= 11 is 7.62. The quantitative estimate of drug-likeness (QED) is 0.606. The predicted octanol–water partition coefficient (Wildman–Crippen LogP) is 3.67. The number of anilines is 1. The van der Waals surface area contributed by atoms with Gasteiger partial charge in [0.25, 0.3) is 0 Å². The number of carbonyl (C=O) groups excluding carboxylic acids is 2. The third kappa shape index (κ3) is 4.51. The molecule has 2 unspecified atom stereocenters. The van der Waals surface area contributed by atoms with Gasteiger partial charge in [-0.2, -0.15) is 0 Å². The fraction of sp³-hybridized carbons (Fsp3) is 0.429. The molecule has 32 heavy (non-hydrogen) atoms. The van der Waals surface area contributed by atoms with Crippen molar-refractivity contribution in [3.63, 3.8) is 0 Å². The van der Waals surface area contributed by atoms with E-state index in [1.54, 1.807) is 45.8 Å². The Balaban J connectivity index is 1.60. The Morgan fingerprint density at radius 3 is 2.81 bits per heavy atom. The Kier molecular flexibility index (Phi) is 6.25. The number of hydrogen-bond acceptors (Lipinski definition) is 7. The van der Waals surface area contributed by atoms with Crippen molar-refractivity contribution in [2.45, 2.75) is 45.7 Å². The summed E-state index contributed by atoms with van der Waals surface area (Å²) < 4.78 is 1.56. The maximum atomic E-state index is 13.7. The molecule has 1 saturated heterocycles. The summed E-state index contributed by atoms with van der Waals surface area (Å²) in [5, 5.41) is 14.1. The molecule has 2 amide bonds. The molecule has 168 valence electrons. The Hall–Kier alpha value is -2.85. The molecule has 1 fully saturated rings. The van der Waals surface area contributed by atoms with Gasteiger partial charge in [0, 0.05) is 36.1 Å². The number of carbonyl (C=O) groups is 2. The van der Waals surface area contributed by atoms with Crippen molar-refractivity contribution in [3.8, 4) is 11.3 Å². The largest absolute Gasteiger partial charge is 0.329 e. The van der Waals surface area contributed by atoms with Crippen LogP contribution in [0.25, 0.3) is 11.3 Å². The van der Waals surface area contributed by atoms with Gasteiger partial charge in [0.1, 0.15) is 17.8 Å². The highest BCUT2D eigenvalue weighted by Crippen LogP contribution is 2.35. The second kappa shape index (κ2) is 8.95. The average Bonchev–Trinajstić information content (AvgIpc) is 3.49. The van der Waals surface area contributed by atoms with E-state index in [1.165, 1.54) is 11.3 Å². The Morgan fingerprint density at radius 2 is 2.12 bits per heavy atom. The maximum absolute atomic E-state index is 13.7. The number of amides is 2. The van der Waals surface area contributed by atoms with Gasteiger partial charge < -0.3 is 10.2 Å². The molecular weight excluding hydrogens is 450 g/mol. The molecule has 3 aromatic rings. The fourth-order valence-corrected chi connectivity index (χ4v) is 4.64. The van der Waals surface area contributed by atoms with E-state index in [9.17, 15) is 9.59 Å². The number of aromatic nitrogens is 5. The van der Waals surface area contributed by atoms with Crippen molar-refractivity contribution in [2.75, 3.05) is 11.9 Å². The van der Waals surface area contributed by atoms with Gasteiger partial charge in [-0.1, -0.05) is 37.6 Å². The minimum Gasteiger partial charge on any atom is -0.329 e. The van der Waals surface area contributed by atoms with Crippen LogP contribution in [0.1, 0.15) is 39.7 Å². The number of halogens is 1. The van der Waals surface area contributed by atoms with Gasteiger partial charge in [0.05, 0.1) is 11.2 Å². The van der Waals surface area contributed by atoms with E-state index in [-0.39, 0.29) is 11.8 Å². The van der Waals surface area contributed by atoms with Crippen molar-refractivity contribution in [2.24, 2.45) is 5.41 Å². The lowest BCUT2D eigenvalue weighted by Crippen LogP contribution is -2.48. The van der Waals surface area contributed by atoms with Crippen molar-refractivity contribution in [3.05, 3.63) is 41.3 Å². The highest BCUT2D eigenvalue weighted by atomic mass is 35.5. The third-order valence-electron chi connectivity index (χ3n) is 5.37. The lowest BCUT2D eigenvalue weighted by Gasteiger charge is -2.34. The van der Waals surface area contributed by atoms with Crippen molar-refractivity contribution in [1.82, 2.24) is 29.9 Å². The average molecular weight is 474 g/mol. The van der Waals surface area contributed by atoms with Crippen LogP contribution in [0.2, 0.25) is 5.02 Å². The molecule has 0 bridgehead atoms. The summed E-state index contributed by atoms with van der Waals surface area (Å²) in [7, 11) is 0. The zero-order chi connectivity index (χ0) is 22.9. The normalized spacial score (nSPS) is 17.4. The molecular formula is C21H24ClN7O2S. The highest BCUT2D eigenvalue weighted by Gasteiger charge is 2.42. The molecule has 4 rings (SSSR count). The topological polar surface area (TPSA) is 106 Å². The lowest BCUT2D eigenvalue weighted by atomic mass is 9.85. The zero-order valence-corrected chi connectivity index (χ0v) is 19.6. The smallest absolute Gasteiger partial charge is 0.248 e. The molecule has 1 N–H and O–H groups in total. The van der Waals surface area contributed by atoms with E-state index >= 15 is 0 Å². The number of thiazole rings is 1. The van der Waals surface area contributed by atoms with E-state index in [4.69, 9.17) is 11.6 Å². The van der Waals surface area contributed by atoms with Gasteiger partial charge in [-0.3, -0.25) is 14.6 Å². The van der Waals surface area contributed by atoms with Gasteiger partial charge in [-0.25, -0.2) is 9.67 Å². The minimum absolute atomic E-state index is 0.164. The predicted molar refractivity (Wildman–Crippen MR) is 122 cm³/mol. The van der Waals surface area contributed by atoms with E-state index in [2.05, 4.69) is 25.6 Å². The third-order valence-corrected chi connectivity index (χ3v) is 6.39. The van der Waals surface area contributed by atoms with Crippen molar-refractivity contribution >= 4 is 39.9 Å². The fourth-order valence-electron chi connectivity index (χ4n) is 3.91. The first-order valence-electron chi connectivity index (χ1n) is 10.3. The van der Waals surface area contributed by atoms with Crippen LogP contribution in [0.3, 0.4) is 0 Å². The monoisotopic (exact) mass is 473 g/mol. The van der Waals surface area contributed by atoms with Crippen molar-refractivity contribution in [1.29, 1.82) is 0 Å². The van der Waals surface area contributed by atoms with Gasteiger partial charge in [-0.05, 0) is 24.3 Å². The van der Waals surface area contributed by atoms with E-state index < -0.39 is 17.5 Å². The molecule has 0 aromatic carbocycles. The van der Waals surface area contributed by atoms with Crippen LogP contribution < -0.4 is 5.32 Å². The molecule has 0 spiro atoms. The van der Waals surface area contributed by atoms with Crippen LogP contribution in [-0.4, -0.2) is 54.3 Å². The standard InChI is InChI=1S/C21H24ClN7O2S/c1-21(2,3)17(29-12-15(26-27-29)13-11-23-7-6-14(13)22)19(31)28-9-4-5-16(28)18(30)25-20-24-8-10-32-20/h6-8,10-12,16-17H,4-5,9H2,1-3H3,(H,24,25,30). The summed E-state index contributed by atoms with van der Waals surface area (Å²) in [6.45, 7) is 6.41. The Morgan fingerprint density at radius 1 is 1.31 bits per heavy atom. The minimum atomic E-state index is -0.646. The van der Waals surface area contributed by atoms with Gasteiger partial charge in [0.15, 0.2) is 5.13 Å². The zero-order valence-electron chi connectivity index (χ0n) is 18.0. The molecule has 0 radical (unpaired) electrons. The molecule has 4 heterocycles. The molecule has 11 heteroatoms. The Labute approximate surface area is 194 Å². The van der Waals surface area contributed by atoms with Crippen LogP contribution in [0.5, 0.6) is 0 Å². The summed E-state index contributed by atoms with van der Waals surface area (Å²) in [6, 6.07) is 0.484. The molecule has 3 aromatic heterocycles. The Bertz CT molecular complexity index is 1110. The number of rotatable bonds is 5. The first kappa shape index (κ1) is 22.3. The van der Waals surface area contributed by atoms with Crippen LogP contribution in [0.15, 0.2) is 36.2 Å². The van der Waals surface area contributed by atoms with Crippen LogP contribution >= 0.6 is 22.9 Å². The van der Waals surface area contributed by atoms with Crippen LogP contribution in [0.4, 0.5) is 5.13 Å². The summed E-state index contributed by atoms with van der Waals surface area (Å²) in [5.41, 5.74) is 0.701. The van der Waals surface area contributed by atoms with E-state index in [1.807, 2.05) is 20.8 Å². The highest BCUT2D eigenvalue weighted by molar-refractivity contribution is 7.13. The van der Waals surface area contributed by atoms with Gasteiger partial charge in [0.2, 0.25) is 11.8 Å². The maximum Gasteiger partial charge on any atom is 0.248 e. The summed E-state index contributed by atoms with van der Waals surface area (Å²) in [6.07, 6.45) is 7.91. The van der Waals surface area contributed by atoms with Gasteiger partial charge >= 0.3 is 0 Å². The first-order valence-corrected chi connectivity index (χ1v) is 11.5. The number of hydrogen-bond donors (Lipinski definition) is 1. The molecule has 1 aliphatic rings. The summed E-state index contributed by atoms with van der Waals surface area (Å²) in [4.78, 5) is 36.4. The second-order valence-electron chi connectivity index (χ2n) is 8.72. The van der Waals surface area contributed by atoms with Crippen LogP contribution in [-0.2, 0) is 9.59 Å². The van der Waals surface area contributed by atoms with Crippen LogP contribution in [0, 0.1) is 5.41 Å². The molecule has 1 aliphatic heterocycles. The summed E-state index contributed by atoms with van der Waals surface area (Å²) in [5.74, 6) is -0.386. The molecule has 0 saturated carbocycles. The first-order chi connectivity index (χ1) is 15.3. The number of likely N-dealkylation sites (tertiary alicyclic amines) is 1. The van der Waals surface area contributed by atoms with E-state index in [0.29, 0.717) is 34.4 Å². The van der Waals surface area contributed by atoms with Gasteiger partial charge in [-0.15, -0.1) is 16.4 Å². The SMILES string of the molecule is CC(C)(C)C(C(=O)N1CCCC1C(=O)Nc1nccs1)n1cc(-c2cnccc2Cl)nn1. The lowest BCUT2D eigenvalue weighted by molar-refractivity contribution is -0.142. The van der Waals surface area contributed by atoms with E-state index in [0.717, 1.165) is 6.42 Å². The van der Waals surface area contributed by atoms with Crippen molar-refractivity contribution < 1.29 is 9.59 Å². The molecule has 9 nitrogen and oxygen atoms in total.